The van der Waals surface area contributed by atoms with Crippen molar-refractivity contribution in [2.75, 3.05) is 5.73 Å². The number of nitrogens with zero attached hydrogens (tertiary/aromatic N) is 1. The molecular formula is C12H14FN3. The highest BCUT2D eigenvalue weighted by molar-refractivity contribution is 5.62. The molecule has 1 heterocycles. The van der Waals surface area contributed by atoms with Gasteiger partial charge in [-0.1, -0.05) is 18.2 Å². The Morgan fingerprint density at radius 3 is 2.88 bits per heavy atom. The zero-order valence-corrected chi connectivity index (χ0v) is 9.07. The number of aromatic nitrogens is 2. The molecule has 0 amide bonds. The van der Waals surface area contributed by atoms with Crippen molar-refractivity contribution in [3.05, 3.63) is 35.9 Å². The first-order chi connectivity index (χ1) is 7.65. The van der Waals surface area contributed by atoms with Crippen LogP contribution in [0.25, 0.3) is 11.3 Å². The molecule has 0 aliphatic heterocycles. The average Bonchev–Trinajstić information content (AvgIpc) is 2.64. The van der Waals surface area contributed by atoms with E-state index in [2.05, 4.69) is 10.2 Å². The summed E-state index contributed by atoms with van der Waals surface area (Å²) < 4.78 is 12.9. The van der Waals surface area contributed by atoms with Gasteiger partial charge in [0, 0.05) is 12.5 Å². The fourth-order valence-electron chi connectivity index (χ4n) is 1.68. The van der Waals surface area contributed by atoms with Crippen molar-refractivity contribution in [2.24, 2.45) is 0 Å². The summed E-state index contributed by atoms with van der Waals surface area (Å²) in [6.45, 7) is 1.56. The van der Waals surface area contributed by atoms with E-state index >= 15 is 0 Å². The molecule has 2 aromatic rings. The van der Waals surface area contributed by atoms with Crippen LogP contribution in [0, 0.1) is 0 Å². The number of halogens is 1. The number of nitrogens with two attached hydrogens (primary N) is 1. The molecule has 1 aromatic carbocycles. The zero-order valence-electron chi connectivity index (χ0n) is 9.07. The Bertz CT molecular complexity index is 477. The lowest BCUT2D eigenvalue weighted by Gasteiger charge is -2.04. The third kappa shape index (κ3) is 2.39. The zero-order chi connectivity index (χ0) is 11.5. The van der Waals surface area contributed by atoms with Crippen molar-refractivity contribution in [1.82, 2.24) is 10.2 Å². The van der Waals surface area contributed by atoms with Crippen LogP contribution in [0.3, 0.4) is 0 Å². The van der Waals surface area contributed by atoms with Gasteiger partial charge < -0.3 is 5.73 Å². The molecule has 3 N–H and O–H groups in total. The number of hydrogen-bond donors (Lipinski definition) is 2. The van der Waals surface area contributed by atoms with Crippen LogP contribution in [-0.2, 0) is 6.42 Å². The monoisotopic (exact) mass is 219 g/mol. The number of rotatable bonds is 3. The van der Waals surface area contributed by atoms with Gasteiger partial charge in [-0.3, -0.25) is 5.10 Å². The van der Waals surface area contributed by atoms with Crippen molar-refractivity contribution in [3.63, 3.8) is 0 Å². The van der Waals surface area contributed by atoms with Crippen molar-refractivity contribution in [2.45, 2.75) is 19.5 Å². The molecule has 0 bridgehead atoms. The molecule has 0 radical (unpaired) electrons. The fourth-order valence-corrected chi connectivity index (χ4v) is 1.68. The predicted molar refractivity (Wildman–Crippen MR) is 62.7 cm³/mol. The second kappa shape index (κ2) is 4.35. The van der Waals surface area contributed by atoms with E-state index in [-0.39, 0.29) is 0 Å². The summed E-state index contributed by atoms with van der Waals surface area (Å²) in [6, 6.07) is 9.48. The van der Waals surface area contributed by atoms with Crippen LogP contribution in [0.5, 0.6) is 0 Å². The minimum absolute atomic E-state index is 0.428. The Morgan fingerprint density at radius 2 is 2.25 bits per heavy atom. The summed E-state index contributed by atoms with van der Waals surface area (Å²) in [5, 5.41) is 6.70. The second-order valence-corrected chi connectivity index (χ2v) is 3.89. The lowest BCUT2D eigenvalue weighted by atomic mass is 10.0. The number of hydrogen-bond acceptors (Lipinski definition) is 2. The molecule has 1 aromatic heterocycles. The summed E-state index contributed by atoms with van der Waals surface area (Å²) in [6.07, 6.45) is -0.403. The molecule has 0 aliphatic carbocycles. The number of aromatic amines is 1. The molecule has 0 aliphatic rings. The standard InChI is InChI=1S/C12H14FN3/c1-8(13)5-9-3-2-4-10(6-9)11-7-12(14)16-15-11/h2-4,6-8H,5H2,1H3,(H3,14,15,16). The van der Waals surface area contributed by atoms with E-state index in [1.54, 1.807) is 13.0 Å². The van der Waals surface area contributed by atoms with Crippen LogP contribution in [0.2, 0.25) is 0 Å². The first-order valence-electron chi connectivity index (χ1n) is 5.19. The predicted octanol–water partition coefficient (Wildman–Crippen LogP) is 2.56. The highest BCUT2D eigenvalue weighted by atomic mass is 19.1. The third-order valence-corrected chi connectivity index (χ3v) is 2.35. The number of anilines is 1. The van der Waals surface area contributed by atoms with Crippen LogP contribution >= 0.6 is 0 Å². The molecule has 4 heteroatoms. The molecular weight excluding hydrogens is 205 g/mol. The summed E-state index contributed by atoms with van der Waals surface area (Å²) in [7, 11) is 0. The topological polar surface area (TPSA) is 54.7 Å². The van der Waals surface area contributed by atoms with E-state index < -0.39 is 6.17 Å². The van der Waals surface area contributed by atoms with Crippen LogP contribution in [-0.4, -0.2) is 16.4 Å². The van der Waals surface area contributed by atoms with Gasteiger partial charge in [-0.2, -0.15) is 5.10 Å². The summed E-state index contributed by atoms with van der Waals surface area (Å²) in [5.41, 5.74) is 8.33. The largest absolute Gasteiger partial charge is 0.382 e. The minimum Gasteiger partial charge on any atom is -0.382 e. The van der Waals surface area contributed by atoms with Gasteiger partial charge in [0.15, 0.2) is 0 Å². The van der Waals surface area contributed by atoms with Crippen molar-refractivity contribution >= 4 is 5.82 Å². The van der Waals surface area contributed by atoms with E-state index in [4.69, 9.17) is 5.73 Å². The first kappa shape index (κ1) is 10.7. The third-order valence-electron chi connectivity index (χ3n) is 2.35. The van der Waals surface area contributed by atoms with Crippen LogP contribution in [0.15, 0.2) is 30.3 Å². The molecule has 0 saturated heterocycles. The SMILES string of the molecule is CC(F)Cc1cccc(-c2cc(N)n[nH]2)c1. The number of H-pyrrole nitrogens is 1. The number of nitrogen functional groups attached to an aromatic ring is 1. The molecule has 1 unspecified atom stereocenters. The maximum Gasteiger partial charge on any atom is 0.145 e. The molecule has 0 spiro atoms. The summed E-state index contributed by atoms with van der Waals surface area (Å²) >= 11 is 0. The van der Waals surface area contributed by atoms with E-state index in [1.165, 1.54) is 0 Å². The fraction of sp³-hybridized carbons (Fsp3) is 0.250. The van der Waals surface area contributed by atoms with Crippen LogP contribution in [0.4, 0.5) is 10.2 Å². The Balaban J connectivity index is 2.28. The number of nitrogens with one attached hydrogen (secondary N) is 1. The highest BCUT2D eigenvalue weighted by Gasteiger charge is 2.04. The molecule has 16 heavy (non-hydrogen) atoms. The van der Waals surface area contributed by atoms with Gasteiger partial charge in [0.05, 0.1) is 5.69 Å². The van der Waals surface area contributed by atoms with Gasteiger partial charge in [-0.25, -0.2) is 4.39 Å². The molecule has 0 fully saturated rings. The molecule has 84 valence electrons. The van der Waals surface area contributed by atoms with Crippen molar-refractivity contribution in [1.29, 1.82) is 0 Å². The lowest BCUT2D eigenvalue weighted by molar-refractivity contribution is 0.360. The molecule has 1 atom stereocenters. The van der Waals surface area contributed by atoms with Gasteiger partial charge in [0.1, 0.15) is 12.0 Å². The molecule has 2 rings (SSSR count). The maximum absolute atomic E-state index is 12.9. The summed E-state index contributed by atoms with van der Waals surface area (Å²) in [4.78, 5) is 0. The highest BCUT2D eigenvalue weighted by Crippen LogP contribution is 2.20. The Kier molecular flexibility index (Phi) is 2.90. The Labute approximate surface area is 93.5 Å². The maximum atomic E-state index is 12.9. The van der Waals surface area contributed by atoms with Crippen molar-refractivity contribution < 1.29 is 4.39 Å². The van der Waals surface area contributed by atoms with E-state index in [0.29, 0.717) is 12.2 Å². The molecule has 3 nitrogen and oxygen atoms in total. The van der Waals surface area contributed by atoms with Crippen LogP contribution < -0.4 is 5.73 Å². The van der Waals surface area contributed by atoms with Gasteiger partial charge in [-0.05, 0) is 24.1 Å². The van der Waals surface area contributed by atoms with Crippen molar-refractivity contribution in [3.8, 4) is 11.3 Å². The van der Waals surface area contributed by atoms with Gasteiger partial charge in [0.25, 0.3) is 0 Å². The van der Waals surface area contributed by atoms with Gasteiger partial charge in [0.2, 0.25) is 0 Å². The van der Waals surface area contributed by atoms with E-state index in [1.807, 2.05) is 24.3 Å². The summed E-state index contributed by atoms with van der Waals surface area (Å²) in [5.74, 6) is 0.458. The quantitative estimate of drug-likeness (QED) is 0.833. The Morgan fingerprint density at radius 1 is 1.44 bits per heavy atom. The van der Waals surface area contributed by atoms with Crippen LogP contribution in [0.1, 0.15) is 12.5 Å². The number of benzene rings is 1. The second-order valence-electron chi connectivity index (χ2n) is 3.89. The van der Waals surface area contributed by atoms with Gasteiger partial charge >= 0.3 is 0 Å². The normalized spacial score (nSPS) is 12.6. The Hall–Kier alpha value is -1.84. The van der Waals surface area contributed by atoms with E-state index in [9.17, 15) is 4.39 Å². The smallest absolute Gasteiger partial charge is 0.145 e. The lowest BCUT2D eigenvalue weighted by Crippen LogP contribution is -1.98. The molecule has 0 saturated carbocycles. The average molecular weight is 219 g/mol. The minimum atomic E-state index is -0.831. The van der Waals surface area contributed by atoms with E-state index in [0.717, 1.165) is 16.8 Å². The number of alkyl halides is 1. The van der Waals surface area contributed by atoms with Gasteiger partial charge in [-0.15, -0.1) is 0 Å². The first-order valence-corrected chi connectivity index (χ1v) is 5.19.